The predicted octanol–water partition coefficient (Wildman–Crippen LogP) is 9.25. The number of rotatable bonds is 8. The van der Waals surface area contributed by atoms with E-state index in [1.165, 1.54) is 6.07 Å². The molecular formula is C28H33ClF3NO2Si. The van der Waals surface area contributed by atoms with E-state index in [1.54, 1.807) is 0 Å². The lowest BCUT2D eigenvalue weighted by Gasteiger charge is -2.42. The first-order valence-electron chi connectivity index (χ1n) is 12.1. The van der Waals surface area contributed by atoms with Gasteiger partial charge in [0.25, 0.3) is 8.32 Å². The Morgan fingerprint density at radius 3 is 2.17 bits per heavy atom. The monoisotopic (exact) mass is 535 g/mol. The Hall–Kier alpha value is -2.51. The van der Waals surface area contributed by atoms with Crippen LogP contribution in [0.25, 0.3) is 10.8 Å². The molecule has 3 rings (SSSR count). The number of anilines is 1. The van der Waals surface area contributed by atoms with E-state index in [9.17, 15) is 18.0 Å². The summed E-state index contributed by atoms with van der Waals surface area (Å²) in [6.07, 6.45) is -4.60. The summed E-state index contributed by atoms with van der Waals surface area (Å²) >= 11 is 5.69. The van der Waals surface area contributed by atoms with E-state index in [0.29, 0.717) is 16.6 Å². The number of carbonyl (C=O) groups is 1. The molecule has 36 heavy (non-hydrogen) atoms. The molecule has 0 aromatic heterocycles. The zero-order valence-electron chi connectivity index (χ0n) is 21.5. The maximum absolute atomic E-state index is 13.2. The van der Waals surface area contributed by atoms with Crippen molar-refractivity contribution >= 4 is 42.3 Å². The van der Waals surface area contributed by atoms with Gasteiger partial charge in [-0.25, -0.2) is 0 Å². The predicted molar refractivity (Wildman–Crippen MR) is 144 cm³/mol. The SMILES string of the molecule is CC(C)[Si](Oc1ccc2cccc(CC(=O)Nc3ccc(Cl)c(C(F)(F)F)c3)c2c1)(C(C)C)C(C)C. The van der Waals surface area contributed by atoms with Crippen LogP contribution in [0.1, 0.15) is 52.7 Å². The van der Waals surface area contributed by atoms with Crippen molar-refractivity contribution in [3.8, 4) is 5.75 Å². The third-order valence-electron chi connectivity index (χ3n) is 6.85. The number of hydrogen-bond donors (Lipinski definition) is 1. The fourth-order valence-electron chi connectivity index (χ4n) is 5.29. The third-order valence-corrected chi connectivity index (χ3v) is 13.2. The van der Waals surface area contributed by atoms with Crippen molar-refractivity contribution in [3.05, 3.63) is 70.7 Å². The highest BCUT2D eigenvalue weighted by atomic mass is 35.5. The minimum atomic E-state index is -4.61. The third kappa shape index (κ3) is 5.89. The van der Waals surface area contributed by atoms with Crippen molar-refractivity contribution in [3.63, 3.8) is 0 Å². The van der Waals surface area contributed by atoms with Crippen LogP contribution in [0.5, 0.6) is 5.75 Å². The first-order chi connectivity index (χ1) is 16.8. The molecule has 0 saturated carbocycles. The zero-order valence-corrected chi connectivity index (χ0v) is 23.2. The van der Waals surface area contributed by atoms with Crippen LogP contribution >= 0.6 is 11.6 Å². The second kappa shape index (κ2) is 10.8. The van der Waals surface area contributed by atoms with E-state index in [1.807, 2.05) is 36.4 Å². The fourth-order valence-corrected chi connectivity index (χ4v) is 10.8. The van der Waals surface area contributed by atoms with Gasteiger partial charge in [0.2, 0.25) is 5.91 Å². The lowest BCUT2D eigenvalue weighted by atomic mass is 10.0. The van der Waals surface area contributed by atoms with Gasteiger partial charge < -0.3 is 9.74 Å². The normalized spacial score (nSPS) is 12.6. The van der Waals surface area contributed by atoms with E-state index >= 15 is 0 Å². The number of amides is 1. The highest BCUT2D eigenvalue weighted by Gasteiger charge is 2.47. The van der Waals surface area contributed by atoms with Crippen LogP contribution in [0.4, 0.5) is 18.9 Å². The van der Waals surface area contributed by atoms with Gasteiger partial charge in [-0.15, -0.1) is 0 Å². The van der Waals surface area contributed by atoms with Crippen LogP contribution in [-0.2, 0) is 17.4 Å². The van der Waals surface area contributed by atoms with Crippen LogP contribution < -0.4 is 9.74 Å². The molecule has 3 nitrogen and oxygen atoms in total. The van der Waals surface area contributed by atoms with Gasteiger partial charge in [-0.1, -0.05) is 77.4 Å². The molecule has 3 aromatic rings. The second-order valence-electron chi connectivity index (χ2n) is 10.1. The van der Waals surface area contributed by atoms with E-state index in [4.69, 9.17) is 16.0 Å². The Balaban J connectivity index is 1.90. The molecule has 0 spiro atoms. The summed E-state index contributed by atoms with van der Waals surface area (Å²) in [4.78, 5) is 12.8. The molecule has 1 amide bonds. The van der Waals surface area contributed by atoms with E-state index < -0.39 is 31.0 Å². The summed E-state index contributed by atoms with van der Waals surface area (Å²) in [6, 6.07) is 15.0. The topological polar surface area (TPSA) is 38.3 Å². The Morgan fingerprint density at radius 2 is 1.58 bits per heavy atom. The summed E-state index contributed by atoms with van der Waals surface area (Å²) in [5.74, 6) is 0.366. The van der Waals surface area contributed by atoms with Gasteiger partial charge in [0.05, 0.1) is 17.0 Å². The Bertz CT molecular complexity index is 1220. The van der Waals surface area contributed by atoms with Crippen LogP contribution in [0.15, 0.2) is 54.6 Å². The first-order valence-corrected chi connectivity index (χ1v) is 14.6. The van der Waals surface area contributed by atoms with Crippen LogP contribution in [-0.4, -0.2) is 14.2 Å². The highest BCUT2D eigenvalue weighted by molar-refractivity contribution is 6.78. The van der Waals surface area contributed by atoms with E-state index in [0.717, 1.165) is 34.2 Å². The van der Waals surface area contributed by atoms with Crippen LogP contribution in [0.2, 0.25) is 21.6 Å². The smallest absolute Gasteiger partial charge is 0.417 e. The van der Waals surface area contributed by atoms with E-state index in [-0.39, 0.29) is 12.1 Å². The van der Waals surface area contributed by atoms with Crippen LogP contribution in [0.3, 0.4) is 0 Å². The summed E-state index contributed by atoms with van der Waals surface area (Å²) < 4.78 is 46.4. The quantitative estimate of drug-likeness (QED) is 0.292. The fraction of sp³-hybridized carbons (Fsp3) is 0.393. The van der Waals surface area contributed by atoms with Crippen molar-refractivity contribution in [1.82, 2.24) is 0 Å². The van der Waals surface area contributed by atoms with Gasteiger partial charge in [-0.05, 0) is 63.3 Å². The summed E-state index contributed by atoms with van der Waals surface area (Å²) in [5.41, 5.74) is 1.07. The number of hydrogen-bond acceptors (Lipinski definition) is 2. The Morgan fingerprint density at radius 1 is 0.944 bits per heavy atom. The number of fused-ring (bicyclic) bond motifs is 1. The van der Waals surface area contributed by atoms with Crippen molar-refractivity contribution in [2.75, 3.05) is 5.32 Å². The molecule has 0 radical (unpaired) electrons. The number of carbonyl (C=O) groups excluding carboxylic acids is 1. The first kappa shape index (κ1) is 28.1. The average Bonchev–Trinajstić information content (AvgIpc) is 2.77. The molecule has 194 valence electrons. The van der Waals surface area contributed by atoms with Crippen molar-refractivity contribution in [1.29, 1.82) is 0 Å². The van der Waals surface area contributed by atoms with Gasteiger partial charge in [0, 0.05) is 5.69 Å². The molecule has 0 aliphatic rings. The lowest BCUT2D eigenvalue weighted by Crippen LogP contribution is -2.50. The number of halogens is 4. The van der Waals surface area contributed by atoms with Gasteiger partial charge in [0.1, 0.15) is 5.75 Å². The van der Waals surface area contributed by atoms with Crippen LogP contribution in [0, 0.1) is 0 Å². The molecule has 0 aliphatic carbocycles. The minimum Gasteiger partial charge on any atom is -0.543 e. The summed E-state index contributed by atoms with van der Waals surface area (Å²) in [6.45, 7) is 13.4. The zero-order chi connectivity index (χ0) is 26.8. The minimum absolute atomic E-state index is 0.00584. The summed E-state index contributed by atoms with van der Waals surface area (Å²) in [7, 11) is -2.16. The average molecular weight is 536 g/mol. The molecule has 3 aromatic carbocycles. The molecule has 0 heterocycles. The largest absolute Gasteiger partial charge is 0.543 e. The molecule has 0 fully saturated rings. The molecule has 0 atom stereocenters. The Kier molecular flexibility index (Phi) is 8.46. The Labute approximate surface area is 217 Å². The van der Waals surface area contributed by atoms with Gasteiger partial charge in [0.15, 0.2) is 0 Å². The number of alkyl halides is 3. The summed E-state index contributed by atoms with van der Waals surface area (Å²) in [5, 5.41) is 4.01. The standard InChI is InChI=1S/C28H33ClF3NO2Si/c1-17(2)36(18(3)4,19(5)6)35-23-12-10-20-8-7-9-21(24(20)16-23)14-27(34)33-22-11-13-26(29)25(15-22)28(30,31)32/h7-13,15-19H,14H2,1-6H3,(H,33,34). The molecule has 8 heteroatoms. The van der Waals surface area contributed by atoms with Crippen molar-refractivity contribution in [2.24, 2.45) is 0 Å². The second-order valence-corrected chi connectivity index (χ2v) is 15.9. The van der Waals surface area contributed by atoms with Crippen molar-refractivity contribution < 1.29 is 22.4 Å². The molecule has 0 unspecified atom stereocenters. The molecule has 0 bridgehead atoms. The maximum Gasteiger partial charge on any atom is 0.417 e. The van der Waals surface area contributed by atoms with E-state index in [2.05, 4.69) is 46.9 Å². The number of nitrogens with one attached hydrogen (secondary N) is 1. The molecule has 0 saturated heterocycles. The molecular weight excluding hydrogens is 503 g/mol. The maximum atomic E-state index is 13.2. The molecule has 1 N–H and O–H groups in total. The molecule has 0 aliphatic heterocycles. The lowest BCUT2D eigenvalue weighted by molar-refractivity contribution is -0.137. The number of benzene rings is 3. The highest BCUT2D eigenvalue weighted by Crippen LogP contribution is 2.43. The van der Waals surface area contributed by atoms with Crippen molar-refractivity contribution in [2.45, 2.75) is 70.8 Å². The van der Waals surface area contributed by atoms with Gasteiger partial charge in [-0.2, -0.15) is 13.2 Å². The van der Waals surface area contributed by atoms with Gasteiger partial charge in [-0.3, -0.25) is 4.79 Å². The van der Waals surface area contributed by atoms with Gasteiger partial charge >= 0.3 is 6.18 Å².